The average Bonchev–Trinajstić information content (AvgIpc) is 2.63. The quantitative estimate of drug-likeness (QED) is 0.791. The summed E-state index contributed by atoms with van der Waals surface area (Å²) in [5.41, 5.74) is 6.04. The zero-order chi connectivity index (χ0) is 14.4. The molecule has 1 aromatic rings. The Morgan fingerprint density at radius 2 is 1.95 bits per heavy atom. The van der Waals surface area contributed by atoms with Gasteiger partial charge in [-0.3, -0.25) is 4.79 Å². The lowest BCUT2D eigenvalue weighted by Crippen LogP contribution is -2.29. The van der Waals surface area contributed by atoms with E-state index in [0.717, 1.165) is 6.54 Å². The van der Waals surface area contributed by atoms with E-state index in [2.05, 4.69) is 43.3 Å². The van der Waals surface area contributed by atoms with Gasteiger partial charge in [-0.15, -0.1) is 0 Å². The number of nitrogens with zero attached hydrogens (tertiary/aromatic N) is 1. The molecular weight excluding hydrogens is 260 g/mol. The van der Waals surface area contributed by atoms with Crippen LogP contribution in [-0.2, 0) is 0 Å². The third kappa shape index (κ3) is 2.18. The predicted octanol–water partition coefficient (Wildman–Crippen LogP) is 2.32. The molecule has 2 rings (SSSR count). The van der Waals surface area contributed by atoms with Crippen molar-refractivity contribution in [2.24, 2.45) is 10.8 Å². The maximum atomic E-state index is 12.3. The lowest BCUT2D eigenvalue weighted by Gasteiger charge is -2.05. The van der Waals surface area contributed by atoms with Crippen LogP contribution >= 0.6 is 11.3 Å². The number of carbonyl (C=O) groups is 1. The minimum absolute atomic E-state index is 0.118. The van der Waals surface area contributed by atoms with Gasteiger partial charge in [-0.25, -0.2) is 4.98 Å². The summed E-state index contributed by atoms with van der Waals surface area (Å²) in [6.07, 6.45) is 0. The minimum Gasteiger partial charge on any atom is -0.382 e. The second-order valence-electron chi connectivity index (χ2n) is 6.11. The summed E-state index contributed by atoms with van der Waals surface area (Å²) in [5.74, 6) is 0.178. The van der Waals surface area contributed by atoms with Crippen LogP contribution in [0.2, 0.25) is 0 Å². The Morgan fingerprint density at radius 1 is 1.37 bits per heavy atom. The van der Waals surface area contributed by atoms with E-state index in [4.69, 9.17) is 5.73 Å². The molecule has 0 aliphatic heterocycles. The Kier molecular flexibility index (Phi) is 3.24. The molecule has 106 valence electrons. The number of thiazole rings is 1. The maximum Gasteiger partial charge on any atom is 0.265 e. The molecule has 0 unspecified atom stereocenters. The molecule has 5 nitrogen and oxygen atoms in total. The molecule has 0 spiro atoms. The maximum absolute atomic E-state index is 12.3. The number of carbonyl (C=O) groups excluding carboxylic acids is 1. The van der Waals surface area contributed by atoms with Crippen molar-refractivity contribution in [2.45, 2.75) is 40.7 Å². The lowest BCUT2D eigenvalue weighted by molar-refractivity contribution is 0.0948. The highest BCUT2D eigenvalue weighted by Crippen LogP contribution is 2.62. The number of nitrogen functional groups attached to an aromatic ring is 1. The van der Waals surface area contributed by atoms with Crippen molar-refractivity contribution in [1.82, 2.24) is 10.3 Å². The second kappa shape index (κ2) is 4.37. The summed E-state index contributed by atoms with van der Waals surface area (Å²) in [6, 6.07) is 0.177. The first-order valence-corrected chi connectivity index (χ1v) is 7.34. The van der Waals surface area contributed by atoms with Gasteiger partial charge in [0.2, 0.25) is 0 Å². The molecule has 19 heavy (non-hydrogen) atoms. The summed E-state index contributed by atoms with van der Waals surface area (Å²) in [7, 11) is 0. The Bertz CT molecular complexity index is 493. The van der Waals surface area contributed by atoms with Crippen LogP contribution in [-0.4, -0.2) is 23.5 Å². The number of hydrogen-bond donors (Lipinski definition) is 3. The lowest BCUT2D eigenvalue weighted by atomic mass is 10.0. The van der Waals surface area contributed by atoms with Crippen molar-refractivity contribution < 1.29 is 4.79 Å². The molecule has 0 atom stereocenters. The smallest absolute Gasteiger partial charge is 0.265 e. The fourth-order valence-electron chi connectivity index (χ4n) is 2.48. The summed E-state index contributed by atoms with van der Waals surface area (Å²) >= 11 is 1.30. The molecular formula is C13H22N4OS. The number of aromatic nitrogens is 1. The van der Waals surface area contributed by atoms with Gasteiger partial charge in [0.1, 0.15) is 10.7 Å². The van der Waals surface area contributed by atoms with Crippen LogP contribution in [0.15, 0.2) is 0 Å². The number of nitrogens with two attached hydrogens (primary N) is 1. The van der Waals surface area contributed by atoms with Crippen LogP contribution in [0.3, 0.4) is 0 Å². The first kappa shape index (κ1) is 14.1. The highest BCUT2D eigenvalue weighted by molar-refractivity contribution is 7.18. The summed E-state index contributed by atoms with van der Waals surface area (Å²) < 4.78 is 0. The zero-order valence-electron chi connectivity index (χ0n) is 12.1. The number of rotatable bonds is 4. The van der Waals surface area contributed by atoms with Gasteiger partial charge in [0.25, 0.3) is 5.91 Å². The fourth-order valence-corrected chi connectivity index (χ4v) is 3.33. The van der Waals surface area contributed by atoms with Crippen molar-refractivity contribution >= 4 is 28.2 Å². The SMILES string of the molecule is CCNc1nc(N)c(C(=O)NC2C(C)(C)C2(C)C)s1. The Balaban J connectivity index is 2.09. The largest absolute Gasteiger partial charge is 0.382 e. The van der Waals surface area contributed by atoms with E-state index in [0.29, 0.717) is 15.8 Å². The van der Waals surface area contributed by atoms with Crippen molar-refractivity contribution in [3.63, 3.8) is 0 Å². The molecule has 1 aromatic heterocycles. The fraction of sp³-hybridized carbons (Fsp3) is 0.692. The predicted molar refractivity (Wildman–Crippen MR) is 79.5 cm³/mol. The van der Waals surface area contributed by atoms with Gasteiger partial charge in [-0.05, 0) is 17.8 Å². The van der Waals surface area contributed by atoms with Crippen LogP contribution in [0.25, 0.3) is 0 Å². The number of amides is 1. The van der Waals surface area contributed by atoms with E-state index >= 15 is 0 Å². The highest BCUT2D eigenvalue weighted by atomic mass is 32.1. The third-order valence-electron chi connectivity index (χ3n) is 4.48. The second-order valence-corrected chi connectivity index (χ2v) is 7.11. The van der Waals surface area contributed by atoms with Crippen LogP contribution in [0, 0.1) is 10.8 Å². The molecule has 1 fully saturated rings. The van der Waals surface area contributed by atoms with E-state index in [1.54, 1.807) is 0 Å². The van der Waals surface area contributed by atoms with E-state index in [9.17, 15) is 4.79 Å². The first-order chi connectivity index (χ1) is 8.71. The van der Waals surface area contributed by atoms with Gasteiger partial charge in [0.05, 0.1) is 0 Å². The molecule has 1 aliphatic carbocycles. The highest BCUT2D eigenvalue weighted by Gasteiger charge is 2.65. The molecule has 0 radical (unpaired) electrons. The summed E-state index contributed by atoms with van der Waals surface area (Å²) in [6.45, 7) is 11.4. The molecule has 1 amide bonds. The molecule has 4 N–H and O–H groups in total. The topological polar surface area (TPSA) is 80.0 Å². The summed E-state index contributed by atoms with van der Waals surface area (Å²) in [4.78, 5) is 16.9. The van der Waals surface area contributed by atoms with Crippen LogP contribution < -0.4 is 16.4 Å². The molecule has 0 bridgehead atoms. The molecule has 0 saturated heterocycles. The van der Waals surface area contributed by atoms with Gasteiger partial charge < -0.3 is 16.4 Å². The zero-order valence-corrected chi connectivity index (χ0v) is 12.9. The molecule has 1 heterocycles. The van der Waals surface area contributed by atoms with E-state index < -0.39 is 0 Å². The first-order valence-electron chi connectivity index (χ1n) is 6.52. The monoisotopic (exact) mass is 282 g/mol. The number of nitrogens with one attached hydrogen (secondary N) is 2. The molecule has 0 aromatic carbocycles. The van der Waals surface area contributed by atoms with Gasteiger partial charge in [-0.2, -0.15) is 0 Å². The van der Waals surface area contributed by atoms with Crippen LogP contribution in [0.1, 0.15) is 44.3 Å². The molecule has 1 saturated carbocycles. The Morgan fingerprint density at radius 3 is 2.42 bits per heavy atom. The number of hydrogen-bond acceptors (Lipinski definition) is 5. The van der Waals surface area contributed by atoms with E-state index in [1.807, 2.05) is 6.92 Å². The van der Waals surface area contributed by atoms with Gasteiger partial charge >= 0.3 is 0 Å². The van der Waals surface area contributed by atoms with Crippen LogP contribution in [0.4, 0.5) is 10.9 Å². The average molecular weight is 282 g/mol. The van der Waals surface area contributed by atoms with Gasteiger partial charge in [0.15, 0.2) is 5.13 Å². The Labute approximate surface area is 118 Å². The van der Waals surface area contributed by atoms with Crippen molar-refractivity contribution in [3.8, 4) is 0 Å². The third-order valence-corrected chi connectivity index (χ3v) is 5.51. The van der Waals surface area contributed by atoms with Gasteiger partial charge in [0, 0.05) is 12.6 Å². The van der Waals surface area contributed by atoms with Crippen molar-refractivity contribution in [1.29, 1.82) is 0 Å². The van der Waals surface area contributed by atoms with Gasteiger partial charge in [-0.1, -0.05) is 39.0 Å². The van der Waals surface area contributed by atoms with Crippen molar-refractivity contribution in [3.05, 3.63) is 4.88 Å². The molecule has 1 aliphatic rings. The van der Waals surface area contributed by atoms with Crippen LogP contribution in [0.5, 0.6) is 0 Å². The summed E-state index contributed by atoms with van der Waals surface area (Å²) in [5, 5.41) is 6.84. The normalized spacial score (nSPS) is 20.1. The number of anilines is 2. The Hall–Kier alpha value is -1.30. The van der Waals surface area contributed by atoms with E-state index in [1.165, 1.54) is 11.3 Å². The minimum atomic E-state index is -0.122. The standard InChI is InChI=1S/C13H22N4OS/c1-6-15-11-16-8(14)7(19-11)9(18)17-10-12(2,3)13(10,4)5/h10H,6,14H2,1-5H3,(H,15,16)(H,17,18). The van der Waals surface area contributed by atoms with Crippen molar-refractivity contribution in [2.75, 3.05) is 17.6 Å². The molecule has 6 heteroatoms. The van der Waals surface area contributed by atoms with E-state index in [-0.39, 0.29) is 22.8 Å².